The maximum Gasteiger partial charge on any atom is 0.343 e. The van der Waals surface area contributed by atoms with Crippen LogP contribution in [0.1, 0.15) is 21.5 Å². The minimum Gasteiger partial charge on any atom is -0.493 e. The van der Waals surface area contributed by atoms with Gasteiger partial charge in [0, 0.05) is 0 Å². The highest BCUT2D eigenvalue weighted by atomic mass is 16.7. The minimum atomic E-state index is -0.834. The van der Waals surface area contributed by atoms with Gasteiger partial charge < -0.3 is 18.9 Å². The molecule has 2 heterocycles. The highest BCUT2D eigenvalue weighted by Gasteiger charge is 2.36. The molecule has 2 aliphatic rings. The van der Waals surface area contributed by atoms with E-state index in [2.05, 4.69) is 5.32 Å². The second kappa shape index (κ2) is 9.50. The van der Waals surface area contributed by atoms with Crippen LogP contribution < -0.4 is 29.2 Å². The number of nitrogens with one attached hydrogen (secondary N) is 1. The number of hydrogen-bond donors (Lipinski definition) is 1. The van der Waals surface area contributed by atoms with Crippen molar-refractivity contribution in [2.24, 2.45) is 0 Å². The third-order valence-corrected chi connectivity index (χ3v) is 5.70. The number of imide groups is 2. The van der Waals surface area contributed by atoms with Crippen molar-refractivity contribution in [2.45, 2.75) is 6.92 Å². The van der Waals surface area contributed by atoms with Crippen molar-refractivity contribution in [3.05, 3.63) is 82.9 Å². The summed E-state index contributed by atoms with van der Waals surface area (Å²) in [4.78, 5) is 51.5. The van der Waals surface area contributed by atoms with E-state index in [1.54, 1.807) is 42.5 Å². The van der Waals surface area contributed by atoms with Crippen molar-refractivity contribution < 1.29 is 38.1 Å². The molecule has 0 aromatic heterocycles. The molecule has 186 valence electrons. The van der Waals surface area contributed by atoms with Crippen molar-refractivity contribution in [2.75, 3.05) is 18.8 Å². The Morgan fingerprint density at radius 2 is 1.70 bits per heavy atom. The molecule has 3 aromatic carbocycles. The molecule has 2 aliphatic heterocycles. The van der Waals surface area contributed by atoms with Gasteiger partial charge in [-0.1, -0.05) is 23.8 Å². The number of fused-ring (bicyclic) bond motifs is 1. The number of anilines is 1. The summed E-state index contributed by atoms with van der Waals surface area (Å²) in [6.45, 7) is 1.95. The minimum absolute atomic E-state index is 0.0795. The molecule has 3 aromatic rings. The van der Waals surface area contributed by atoms with Crippen molar-refractivity contribution in [1.29, 1.82) is 0 Å². The topological polar surface area (TPSA) is 120 Å². The van der Waals surface area contributed by atoms with Gasteiger partial charge in [0.05, 0.1) is 18.4 Å². The van der Waals surface area contributed by atoms with Crippen molar-refractivity contribution >= 4 is 35.6 Å². The number of esters is 1. The van der Waals surface area contributed by atoms with E-state index in [4.69, 9.17) is 18.9 Å². The second-order valence-corrected chi connectivity index (χ2v) is 8.16. The zero-order valence-electron chi connectivity index (χ0n) is 19.8. The summed E-state index contributed by atoms with van der Waals surface area (Å²) in [5.41, 5.74) is 1.70. The van der Waals surface area contributed by atoms with Crippen LogP contribution >= 0.6 is 0 Å². The lowest BCUT2D eigenvalue weighted by Crippen LogP contribution is -2.54. The molecular formula is C27H20N2O8. The lowest BCUT2D eigenvalue weighted by atomic mass is 10.1. The summed E-state index contributed by atoms with van der Waals surface area (Å²) < 4.78 is 21.4. The Morgan fingerprint density at radius 1 is 0.946 bits per heavy atom. The van der Waals surface area contributed by atoms with Crippen LogP contribution in [0.15, 0.2) is 66.2 Å². The highest BCUT2D eigenvalue weighted by Crippen LogP contribution is 2.34. The number of methoxy groups -OCH3 is 1. The van der Waals surface area contributed by atoms with Gasteiger partial charge in [-0.3, -0.25) is 14.9 Å². The molecule has 10 heteroatoms. The highest BCUT2D eigenvalue weighted by molar-refractivity contribution is 6.39. The van der Waals surface area contributed by atoms with Crippen LogP contribution in [-0.2, 0) is 9.59 Å². The van der Waals surface area contributed by atoms with Gasteiger partial charge in [0.25, 0.3) is 11.8 Å². The fraction of sp³-hybridized carbons (Fsp3) is 0.111. The standard InChI is InChI=1S/C27H20N2O8/c1-15-3-7-18(8-4-15)29-25(31)19(24(30)28-27(29)33)11-16-5-9-21(22(12-16)34-2)37-26(32)17-6-10-20-23(13-17)36-14-35-20/h3-13H,14H2,1-2H3,(H,28,30,33)/b19-11+. The van der Waals surface area contributed by atoms with Crippen LogP contribution in [0.4, 0.5) is 10.5 Å². The van der Waals surface area contributed by atoms with Crippen molar-refractivity contribution in [3.63, 3.8) is 0 Å². The Kier molecular flexibility index (Phi) is 6.06. The average Bonchev–Trinajstić information content (AvgIpc) is 3.36. The van der Waals surface area contributed by atoms with E-state index in [0.717, 1.165) is 10.5 Å². The first-order valence-electron chi connectivity index (χ1n) is 11.1. The number of urea groups is 1. The number of barbiturate groups is 1. The molecule has 1 fully saturated rings. The zero-order valence-corrected chi connectivity index (χ0v) is 19.8. The average molecular weight is 500 g/mol. The number of nitrogens with zero attached hydrogens (tertiary/aromatic N) is 1. The number of amides is 4. The quantitative estimate of drug-likeness (QED) is 0.244. The zero-order chi connectivity index (χ0) is 26.1. The van der Waals surface area contributed by atoms with Crippen LogP contribution in [0.25, 0.3) is 6.08 Å². The second-order valence-electron chi connectivity index (χ2n) is 8.16. The summed E-state index contributed by atoms with van der Waals surface area (Å²) in [6, 6.07) is 15.1. The molecule has 37 heavy (non-hydrogen) atoms. The number of benzene rings is 3. The Balaban J connectivity index is 1.40. The van der Waals surface area contributed by atoms with E-state index in [1.165, 1.54) is 31.4 Å². The predicted octanol–water partition coefficient (Wildman–Crippen LogP) is 3.62. The van der Waals surface area contributed by atoms with Crippen LogP contribution in [0.5, 0.6) is 23.0 Å². The van der Waals surface area contributed by atoms with Gasteiger partial charge in [0.1, 0.15) is 5.57 Å². The summed E-state index contributed by atoms with van der Waals surface area (Å²) in [7, 11) is 1.39. The summed E-state index contributed by atoms with van der Waals surface area (Å²) in [5, 5.41) is 2.18. The fourth-order valence-electron chi connectivity index (χ4n) is 3.79. The number of aryl methyl sites for hydroxylation is 1. The molecule has 5 rings (SSSR count). The summed E-state index contributed by atoms with van der Waals surface area (Å²) in [6.07, 6.45) is 1.33. The largest absolute Gasteiger partial charge is 0.493 e. The molecule has 0 spiro atoms. The molecular weight excluding hydrogens is 480 g/mol. The Morgan fingerprint density at radius 3 is 2.46 bits per heavy atom. The molecule has 0 radical (unpaired) electrons. The predicted molar refractivity (Wildman–Crippen MR) is 131 cm³/mol. The third-order valence-electron chi connectivity index (χ3n) is 5.70. The molecule has 10 nitrogen and oxygen atoms in total. The van der Waals surface area contributed by atoms with E-state index >= 15 is 0 Å². The maximum atomic E-state index is 13.1. The van der Waals surface area contributed by atoms with Crippen LogP contribution in [0, 0.1) is 6.92 Å². The monoisotopic (exact) mass is 500 g/mol. The molecule has 1 N–H and O–H groups in total. The first-order valence-corrected chi connectivity index (χ1v) is 11.1. The first-order chi connectivity index (χ1) is 17.8. The maximum absolute atomic E-state index is 13.1. The van der Waals surface area contributed by atoms with E-state index in [-0.39, 0.29) is 29.4 Å². The molecule has 0 saturated carbocycles. The number of carbonyl (C=O) groups is 4. The van der Waals surface area contributed by atoms with Gasteiger partial charge >= 0.3 is 12.0 Å². The number of carbonyl (C=O) groups excluding carboxylic acids is 4. The smallest absolute Gasteiger partial charge is 0.343 e. The van der Waals surface area contributed by atoms with Crippen LogP contribution in [-0.4, -0.2) is 37.7 Å². The number of ether oxygens (including phenoxy) is 4. The van der Waals surface area contributed by atoms with E-state index in [1.807, 2.05) is 6.92 Å². The third kappa shape index (κ3) is 4.59. The molecule has 1 saturated heterocycles. The Bertz CT molecular complexity index is 1480. The van der Waals surface area contributed by atoms with E-state index < -0.39 is 23.8 Å². The van der Waals surface area contributed by atoms with E-state index in [0.29, 0.717) is 22.7 Å². The Labute approximate surface area is 211 Å². The molecule has 0 unspecified atom stereocenters. The summed E-state index contributed by atoms with van der Waals surface area (Å²) in [5.74, 6) is -0.934. The molecule has 0 aliphatic carbocycles. The van der Waals surface area contributed by atoms with Gasteiger partial charge in [-0.25, -0.2) is 14.5 Å². The SMILES string of the molecule is COc1cc(/C=C2\C(=O)NC(=O)N(c3ccc(C)cc3)C2=O)ccc1OC(=O)c1ccc2c(c1)OCO2. The first kappa shape index (κ1) is 23.6. The molecule has 4 amide bonds. The normalized spacial score (nSPS) is 15.6. The van der Waals surface area contributed by atoms with Gasteiger partial charge in [-0.2, -0.15) is 0 Å². The van der Waals surface area contributed by atoms with Crippen molar-refractivity contribution in [3.8, 4) is 23.0 Å². The van der Waals surface area contributed by atoms with Gasteiger partial charge in [-0.05, 0) is 61.0 Å². The van der Waals surface area contributed by atoms with E-state index in [9.17, 15) is 19.2 Å². The van der Waals surface area contributed by atoms with Crippen LogP contribution in [0.2, 0.25) is 0 Å². The summed E-state index contributed by atoms with van der Waals surface area (Å²) >= 11 is 0. The lowest BCUT2D eigenvalue weighted by Gasteiger charge is -2.26. The van der Waals surface area contributed by atoms with Crippen molar-refractivity contribution in [1.82, 2.24) is 5.32 Å². The number of hydrogen-bond acceptors (Lipinski definition) is 8. The molecule has 0 bridgehead atoms. The Hall–Kier alpha value is -5.12. The lowest BCUT2D eigenvalue weighted by molar-refractivity contribution is -0.122. The van der Waals surface area contributed by atoms with Gasteiger partial charge in [0.15, 0.2) is 23.0 Å². The number of rotatable bonds is 5. The van der Waals surface area contributed by atoms with Gasteiger partial charge in [0.2, 0.25) is 6.79 Å². The fourth-order valence-corrected chi connectivity index (χ4v) is 3.79. The van der Waals surface area contributed by atoms with Gasteiger partial charge in [-0.15, -0.1) is 0 Å². The van der Waals surface area contributed by atoms with Crippen LogP contribution in [0.3, 0.4) is 0 Å². The molecule has 0 atom stereocenters.